The van der Waals surface area contributed by atoms with Gasteiger partial charge in [-0.2, -0.15) is 0 Å². The van der Waals surface area contributed by atoms with Crippen LogP contribution in [0.1, 0.15) is 24.8 Å². The first-order valence-electron chi connectivity index (χ1n) is 11.8. The standard InChI is InChI=1S/C27H31FN2O3S/c1-33-22-7-10-26-24(17-22)19(11-13-29-26)3-2-4-20-12-14-30(18-25(20)27(31)32)15-16-34-23-8-5-21(28)6-9-23/h5-11,13,17,20,25H,2-4,12,14-16,18H2,1H3,(H,31,32)/t20-,25+/m1/s1. The lowest BCUT2D eigenvalue weighted by Gasteiger charge is -2.36. The fourth-order valence-corrected chi connectivity index (χ4v) is 5.72. The molecule has 0 saturated carbocycles. The number of ether oxygens (including phenoxy) is 1. The van der Waals surface area contributed by atoms with Gasteiger partial charge in [0.1, 0.15) is 11.6 Å². The van der Waals surface area contributed by atoms with Crippen LogP contribution in [0.2, 0.25) is 0 Å². The molecule has 5 nitrogen and oxygen atoms in total. The quantitative estimate of drug-likeness (QED) is 0.384. The number of aromatic nitrogens is 1. The molecule has 1 aromatic heterocycles. The van der Waals surface area contributed by atoms with Crippen molar-refractivity contribution in [2.75, 3.05) is 32.5 Å². The zero-order chi connectivity index (χ0) is 23.9. The molecule has 4 rings (SSSR count). The van der Waals surface area contributed by atoms with Gasteiger partial charge in [0.2, 0.25) is 0 Å². The highest BCUT2D eigenvalue weighted by molar-refractivity contribution is 7.99. The first kappa shape index (κ1) is 24.5. The monoisotopic (exact) mass is 482 g/mol. The van der Waals surface area contributed by atoms with Crippen molar-refractivity contribution in [1.82, 2.24) is 9.88 Å². The number of carbonyl (C=O) groups is 1. The summed E-state index contributed by atoms with van der Waals surface area (Å²) in [5.41, 5.74) is 2.18. The third-order valence-corrected chi connectivity index (χ3v) is 7.70. The molecule has 1 aliphatic heterocycles. The molecular formula is C27H31FN2O3S. The number of aryl methyl sites for hydroxylation is 1. The number of hydrogen-bond acceptors (Lipinski definition) is 5. The van der Waals surface area contributed by atoms with E-state index in [0.29, 0.717) is 6.54 Å². The highest BCUT2D eigenvalue weighted by Gasteiger charge is 2.33. The van der Waals surface area contributed by atoms with Crippen molar-refractivity contribution in [3.8, 4) is 5.75 Å². The molecule has 3 aromatic rings. The summed E-state index contributed by atoms with van der Waals surface area (Å²) in [5.74, 6) is 0.617. The molecule has 1 aliphatic rings. The van der Waals surface area contributed by atoms with Gasteiger partial charge in [-0.05, 0) is 92.2 Å². The van der Waals surface area contributed by atoms with Crippen LogP contribution in [-0.4, -0.2) is 53.5 Å². The number of fused-ring (bicyclic) bond motifs is 1. The fourth-order valence-electron chi connectivity index (χ4n) is 4.80. The number of piperidine rings is 1. The lowest BCUT2D eigenvalue weighted by molar-refractivity contribution is -0.146. The van der Waals surface area contributed by atoms with E-state index in [2.05, 4.69) is 16.0 Å². The Kier molecular flexibility index (Phi) is 8.40. The van der Waals surface area contributed by atoms with E-state index in [1.165, 1.54) is 17.7 Å². The number of nitrogens with zero attached hydrogens (tertiary/aromatic N) is 2. The number of likely N-dealkylation sites (tertiary alicyclic amines) is 1. The van der Waals surface area contributed by atoms with Crippen molar-refractivity contribution < 1.29 is 19.0 Å². The number of pyridine rings is 1. The fraction of sp³-hybridized carbons (Fsp3) is 0.407. The summed E-state index contributed by atoms with van der Waals surface area (Å²) in [4.78, 5) is 19.8. The van der Waals surface area contributed by atoms with Gasteiger partial charge < -0.3 is 14.7 Å². The predicted octanol–water partition coefficient (Wildman–Crippen LogP) is 5.52. The maximum Gasteiger partial charge on any atom is 0.308 e. The molecule has 2 aromatic carbocycles. The molecule has 34 heavy (non-hydrogen) atoms. The number of rotatable bonds is 10. The van der Waals surface area contributed by atoms with Gasteiger partial charge >= 0.3 is 5.97 Å². The maximum atomic E-state index is 13.1. The van der Waals surface area contributed by atoms with Gasteiger partial charge in [0.25, 0.3) is 0 Å². The number of methoxy groups -OCH3 is 1. The van der Waals surface area contributed by atoms with Crippen LogP contribution in [0, 0.1) is 17.7 Å². The third-order valence-electron chi connectivity index (χ3n) is 6.71. The average molecular weight is 483 g/mol. The second-order valence-corrected chi connectivity index (χ2v) is 10.0. The normalized spacial score (nSPS) is 18.8. The second-order valence-electron chi connectivity index (χ2n) is 8.84. The van der Waals surface area contributed by atoms with Gasteiger partial charge in [0.05, 0.1) is 18.5 Å². The topological polar surface area (TPSA) is 62.7 Å². The number of halogens is 1. The van der Waals surface area contributed by atoms with Crippen LogP contribution in [-0.2, 0) is 11.2 Å². The van der Waals surface area contributed by atoms with Crippen LogP contribution in [0.15, 0.2) is 59.6 Å². The van der Waals surface area contributed by atoms with E-state index in [1.807, 2.05) is 24.4 Å². The molecule has 7 heteroatoms. The third kappa shape index (κ3) is 6.27. The van der Waals surface area contributed by atoms with Gasteiger partial charge in [-0.25, -0.2) is 4.39 Å². The van der Waals surface area contributed by atoms with Gasteiger partial charge in [-0.15, -0.1) is 11.8 Å². The minimum Gasteiger partial charge on any atom is -0.497 e. The van der Waals surface area contributed by atoms with Crippen LogP contribution >= 0.6 is 11.8 Å². The Labute approximate surface area is 204 Å². The Morgan fingerprint density at radius 3 is 2.82 bits per heavy atom. The SMILES string of the molecule is COc1ccc2nccc(CCC[C@@H]3CCN(CCSc4ccc(F)cc4)C[C@@H]3C(=O)O)c2c1. The molecule has 180 valence electrons. The summed E-state index contributed by atoms with van der Waals surface area (Å²) >= 11 is 1.68. The molecule has 0 unspecified atom stereocenters. The van der Waals surface area contributed by atoms with E-state index in [1.54, 1.807) is 31.0 Å². The highest BCUT2D eigenvalue weighted by atomic mass is 32.2. The molecule has 0 amide bonds. The molecule has 1 fully saturated rings. The molecule has 1 saturated heterocycles. The lowest BCUT2D eigenvalue weighted by atomic mass is 9.81. The van der Waals surface area contributed by atoms with Gasteiger partial charge in [0, 0.05) is 35.3 Å². The van der Waals surface area contributed by atoms with Crippen molar-refractivity contribution in [2.45, 2.75) is 30.6 Å². The van der Waals surface area contributed by atoms with E-state index in [-0.39, 0.29) is 17.7 Å². The summed E-state index contributed by atoms with van der Waals surface area (Å²) in [6, 6.07) is 14.5. The maximum absolute atomic E-state index is 13.1. The smallest absolute Gasteiger partial charge is 0.308 e. The summed E-state index contributed by atoms with van der Waals surface area (Å²) in [6.45, 7) is 2.36. The summed E-state index contributed by atoms with van der Waals surface area (Å²) in [6.07, 6.45) is 5.50. The Hall–Kier alpha value is -2.64. The molecule has 1 N–H and O–H groups in total. The Morgan fingerprint density at radius 2 is 2.06 bits per heavy atom. The lowest BCUT2D eigenvalue weighted by Crippen LogP contribution is -2.44. The minimum absolute atomic E-state index is 0.195. The highest BCUT2D eigenvalue weighted by Crippen LogP contribution is 2.30. The number of benzene rings is 2. The van der Waals surface area contributed by atoms with Crippen molar-refractivity contribution in [2.24, 2.45) is 11.8 Å². The molecule has 0 spiro atoms. The molecule has 2 heterocycles. The first-order chi connectivity index (χ1) is 16.5. The van der Waals surface area contributed by atoms with E-state index >= 15 is 0 Å². The van der Waals surface area contributed by atoms with Crippen molar-refractivity contribution in [1.29, 1.82) is 0 Å². The van der Waals surface area contributed by atoms with Gasteiger partial charge in [0.15, 0.2) is 0 Å². The number of thioether (sulfide) groups is 1. The van der Waals surface area contributed by atoms with Crippen LogP contribution < -0.4 is 4.74 Å². The molecule has 0 radical (unpaired) electrons. The predicted molar refractivity (Wildman–Crippen MR) is 134 cm³/mol. The van der Waals surface area contributed by atoms with Crippen molar-refractivity contribution >= 4 is 28.6 Å². The van der Waals surface area contributed by atoms with Crippen molar-refractivity contribution in [3.63, 3.8) is 0 Å². The number of hydrogen-bond donors (Lipinski definition) is 1. The number of carboxylic acid groups (broad SMARTS) is 1. The van der Waals surface area contributed by atoms with Gasteiger partial charge in [-0.3, -0.25) is 9.78 Å². The Morgan fingerprint density at radius 1 is 1.24 bits per heavy atom. The van der Waals surface area contributed by atoms with Crippen molar-refractivity contribution in [3.05, 3.63) is 66.1 Å². The molecule has 2 atom stereocenters. The van der Waals surface area contributed by atoms with Crippen LogP contribution in [0.25, 0.3) is 10.9 Å². The summed E-state index contributed by atoms with van der Waals surface area (Å²) in [5, 5.41) is 11.0. The van der Waals surface area contributed by atoms with Gasteiger partial charge in [-0.1, -0.05) is 0 Å². The van der Waals surface area contributed by atoms with E-state index in [9.17, 15) is 14.3 Å². The zero-order valence-electron chi connectivity index (χ0n) is 19.5. The second kappa shape index (κ2) is 11.7. The zero-order valence-corrected chi connectivity index (χ0v) is 20.3. The van der Waals surface area contributed by atoms with E-state index in [4.69, 9.17) is 4.74 Å². The molecular weight excluding hydrogens is 451 g/mol. The summed E-state index contributed by atoms with van der Waals surface area (Å²) < 4.78 is 18.4. The van der Waals surface area contributed by atoms with Crippen LogP contribution in [0.3, 0.4) is 0 Å². The van der Waals surface area contributed by atoms with E-state index < -0.39 is 5.97 Å². The Bertz CT molecular complexity index is 1110. The number of carboxylic acids is 1. The average Bonchev–Trinajstić information content (AvgIpc) is 2.85. The van der Waals surface area contributed by atoms with E-state index in [0.717, 1.165) is 66.1 Å². The Balaban J connectivity index is 1.29. The minimum atomic E-state index is -0.694. The summed E-state index contributed by atoms with van der Waals surface area (Å²) in [7, 11) is 1.66. The molecule has 0 aliphatic carbocycles. The molecule has 0 bridgehead atoms. The van der Waals surface area contributed by atoms with Crippen LogP contribution in [0.4, 0.5) is 4.39 Å². The first-order valence-corrected chi connectivity index (χ1v) is 12.8. The number of aliphatic carboxylic acids is 1. The largest absolute Gasteiger partial charge is 0.497 e. The van der Waals surface area contributed by atoms with Crippen LogP contribution in [0.5, 0.6) is 5.75 Å².